The van der Waals surface area contributed by atoms with Crippen LogP contribution in [0.2, 0.25) is 0 Å². The number of aliphatic hydroxyl groups excluding tert-OH is 1. The Morgan fingerprint density at radius 1 is 1.31 bits per heavy atom. The van der Waals surface area contributed by atoms with Crippen LogP contribution >= 0.6 is 0 Å². The Morgan fingerprint density at radius 3 is 2.84 bits per heavy atom. The topological polar surface area (TPSA) is 127 Å². The number of aliphatic hydroxyl groups is 1. The molecular weight excluding hydrogens is 410 g/mol. The number of amides is 1. The van der Waals surface area contributed by atoms with Gasteiger partial charge in [-0.05, 0) is 18.9 Å². The molecule has 0 aliphatic carbocycles. The smallest absolute Gasteiger partial charge is 0.220 e. The first kappa shape index (κ1) is 20.9. The quantitative estimate of drug-likeness (QED) is 0.557. The molecule has 0 radical (unpaired) electrons. The monoisotopic (exact) mass is 437 g/mol. The number of fused-ring (bicyclic) bond motifs is 1. The van der Waals surface area contributed by atoms with E-state index in [1.165, 1.54) is 6.33 Å². The van der Waals surface area contributed by atoms with Crippen molar-refractivity contribution in [2.24, 2.45) is 11.7 Å². The summed E-state index contributed by atoms with van der Waals surface area (Å²) in [6.45, 7) is 2.91. The number of piperidine rings is 1. The van der Waals surface area contributed by atoms with Crippen molar-refractivity contribution in [2.75, 3.05) is 18.1 Å². The predicted octanol–water partition coefficient (Wildman–Crippen LogP) is 1.94. The summed E-state index contributed by atoms with van der Waals surface area (Å²) < 4.78 is 12.1. The number of aryl methyl sites for hydroxylation is 1. The normalized spacial score (nSPS) is 28.3. The van der Waals surface area contributed by atoms with Crippen molar-refractivity contribution >= 4 is 22.8 Å². The van der Waals surface area contributed by atoms with Crippen LogP contribution in [0, 0.1) is 12.8 Å². The zero-order chi connectivity index (χ0) is 22.3. The minimum Gasteiger partial charge on any atom is -0.369 e. The van der Waals surface area contributed by atoms with Gasteiger partial charge in [0.1, 0.15) is 23.9 Å². The molecule has 0 saturated carbocycles. The molecule has 9 heteroatoms. The highest BCUT2D eigenvalue weighted by Gasteiger charge is 2.50. The Hall–Kier alpha value is -3.01. The fourth-order valence-electron chi connectivity index (χ4n) is 4.91. The van der Waals surface area contributed by atoms with Crippen molar-refractivity contribution < 1.29 is 19.4 Å². The van der Waals surface area contributed by atoms with Crippen molar-refractivity contribution in [1.82, 2.24) is 15.0 Å². The molecule has 2 fully saturated rings. The van der Waals surface area contributed by atoms with Crippen LogP contribution in [0.25, 0.3) is 11.0 Å². The molecule has 4 unspecified atom stereocenters. The van der Waals surface area contributed by atoms with Gasteiger partial charge in [-0.15, -0.1) is 0 Å². The third kappa shape index (κ3) is 3.42. The zero-order valence-electron chi connectivity index (χ0n) is 17.9. The highest BCUT2D eigenvalue weighted by Crippen LogP contribution is 2.46. The number of nitrogens with zero attached hydrogens (tertiary/aromatic N) is 3. The van der Waals surface area contributed by atoms with Crippen LogP contribution in [-0.2, 0) is 20.0 Å². The Balaban J connectivity index is 1.70. The number of rotatable bonds is 5. The average molecular weight is 438 g/mol. The van der Waals surface area contributed by atoms with Gasteiger partial charge >= 0.3 is 0 Å². The summed E-state index contributed by atoms with van der Waals surface area (Å²) in [6.07, 6.45) is 3.30. The molecule has 3 aromatic rings. The van der Waals surface area contributed by atoms with Gasteiger partial charge in [0.05, 0.1) is 12.0 Å². The molecule has 2 aliphatic heterocycles. The molecule has 4 heterocycles. The molecule has 2 saturated heterocycles. The number of hydrogen-bond acceptors (Lipinski definition) is 7. The van der Waals surface area contributed by atoms with Crippen molar-refractivity contribution in [1.29, 1.82) is 0 Å². The average Bonchev–Trinajstić information content (AvgIpc) is 3.39. The lowest BCUT2D eigenvalue weighted by Crippen LogP contribution is -2.57. The standard InChI is InChI=1S/C23H27N5O4/c1-14-12-25-20-18(14)21(27-13-26-20)28-9-7-15(19(24)29)11-23(28,16-5-3-2-4-6-16)32-17-8-10-31-22(17)30/h2-6,12-13,15,17,22,30H,7-11H2,1H3,(H2,24,29)(H,25,26,27). The number of nitrogens with one attached hydrogen (secondary N) is 1. The third-order valence-corrected chi connectivity index (χ3v) is 6.55. The first-order valence-electron chi connectivity index (χ1n) is 10.9. The second-order valence-corrected chi connectivity index (χ2v) is 8.49. The molecule has 2 aliphatic rings. The summed E-state index contributed by atoms with van der Waals surface area (Å²) in [5, 5.41) is 11.3. The van der Waals surface area contributed by atoms with Gasteiger partial charge in [0, 0.05) is 37.1 Å². The Kier molecular flexibility index (Phi) is 5.32. The minimum absolute atomic E-state index is 0.338. The number of aromatic nitrogens is 3. The number of carbonyl (C=O) groups excluding carboxylic acids is 1. The van der Waals surface area contributed by atoms with Gasteiger partial charge in [-0.3, -0.25) is 4.79 Å². The van der Waals surface area contributed by atoms with E-state index in [-0.39, 0.29) is 11.8 Å². The van der Waals surface area contributed by atoms with Gasteiger partial charge in [-0.25, -0.2) is 9.97 Å². The van der Waals surface area contributed by atoms with E-state index in [1.807, 2.05) is 43.5 Å². The molecule has 0 bridgehead atoms. The van der Waals surface area contributed by atoms with Crippen molar-refractivity contribution in [2.45, 2.75) is 44.3 Å². The maximum absolute atomic E-state index is 12.3. The van der Waals surface area contributed by atoms with Crippen molar-refractivity contribution in [3.8, 4) is 0 Å². The number of carbonyl (C=O) groups is 1. The van der Waals surface area contributed by atoms with Gasteiger partial charge in [-0.2, -0.15) is 0 Å². The van der Waals surface area contributed by atoms with E-state index in [2.05, 4.69) is 19.9 Å². The summed E-state index contributed by atoms with van der Waals surface area (Å²) in [4.78, 5) is 26.6. The van der Waals surface area contributed by atoms with E-state index in [0.717, 1.165) is 22.2 Å². The van der Waals surface area contributed by atoms with Crippen molar-refractivity contribution in [3.05, 3.63) is 54.0 Å². The Labute approximate surface area is 185 Å². The highest BCUT2D eigenvalue weighted by atomic mass is 16.7. The molecule has 2 aromatic heterocycles. The van der Waals surface area contributed by atoms with Gasteiger partial charge in [0.15, 0.2) is 12.0 Å². The fourth-order valence-corrected chi connectivity index (χ4v) is 4.91. The minimum atomic E-state index is -1.07. The second kappa shape index (κ2) is 8.16. The van der Waals surface area contributed by atoms with Crippen LogP contribution < -0.4 is 10.6 Å². The van der Waals surface area contributed by atoms with Gasteiger partial charge in [0.25, 0.3) is 0 Å². The first-order chi connectivity index (χ1) is 15.5. The number of anilines is 1. The van der Waals surface area contributed by atoms with E-state index in [9.17, 15) is 9.90 Å². The molecule has 4 N–H and O–H groups in total. The lowest BCUT2D eigenvalue weighted by Gasteiger charge is -2.50. The first-order valence-corrected chi connectivity index (χ1v) is 10.9. The molecule has 1 aromatic carbocycles. The number of primary amides is 1. The van der Waals surface area contributed by atoms with E-state index in [4.69, 9.17) is 15.2 Å². The molecule has 168 valence electrons. The number of nitrogens with two attached hydrogens (primary N) is 1. The summed E-state index contributed by atoms with van der Waals surface area (Å²) >= 11 is 0. The maximum atomic E-state index is 12.3. The number of ether oxygens (including phenoxy) is 2. The molecular formula is C23H27N5O4. The third-order valence-electron chi connectivity index (χ3n) is 6.55. The summed E-state index contributed by atoms with van der Waals surface area (Å²) in [7, 11) is 0. The van der Waals surface area contributed by atoms with Crippen LogP contribution in [0.3, 0.4) is 0 Å². The molecule has 4 atom stereocenters. The highest BCUT2D eigenvalue weighted by molar-refractivity contribution is 5.91. The molecule has 9 nitrogen and oxygen atoms in total. The lowest BCUT2D eigenvalue weighted by atomic mass is 9.82. The fraction of sp³-hybridized carbons (Fsp3) is 0.435. The number of hydrogen-bond donors (Lipinski definition) is 3. The van der Waals surface area contributed by atoms with Gasteiger partial charge in [0.2, 0.25) is 5.91 Å². The van der Waals surface area contributed by atoms with Crippen LogP contribution in [0.5, 0.6) is 0 Å². The van der Waals surface area contributed by atoms with Crippen molar-refractivity contribution in [3.63, 3.8) is 0 Å². The largest absolute Gasteiger partial charge is 0.369 e. The van der Waals surface area contributed by atoms with Crippen LogP contribution in [0.4, 0.5) is 5.82 Å². The van der Waals surface area contributed by atoms with E-state index in [1.54, 1.807) is 0 Å². The van der Waals surface area contributed by atoms with E-state index in [0.29, 0.717) is 38.2 Å². The zero-order valence-corrected chi connectivity index (χ0v) is 17.9. The number of aromatic amines is 1. The number of H-pyrrole nitrogens is 1. The van der Waals surface area contributed by atoms with Gasteiger partial charge < -0.3 is 30.2 Å². The molecule has 32 heavy (non-hydrogen) atoms. The lowest BCUT2D eigenvalue weighted by molar-refractivity contribution is -0.190. The molecule has 5 rings (SSSR count). The summed E-state index contributed by atoms with van der Waals surface area (Å²) in [6, 6.07) is 9.75. The molecule has 0 spiro atoms. The van der Waals surface area contributed by atoms with Crippen LogP contribution in [-0.4, -0.2) is 51.5 Å². The summed E-state index contributed by atoms with van der Waals surface area (Å²) in [5.41, 5.74) is 7.31. The van der Waals surface area contributed by atoms with Gasteiger partial charge in [-0.1, -0.05) is 30.3 Å². The number of benzene rings is 1. The Morgan fingerprint density at radius 2 is 2.12 bits per heavy atom. The van der Waals surface area contributed by atoms with E-state index >= 15 is 0 Å². The van der Waals surface area contributed by atoms with Crippen LogP contribution in [0.1, 0.15) is 30.4 Å². The van der Waals surface area contributed by atoms with Crippen LogP contribution in [0.15, 0.2) is 42.9 Å². The molecule has 1 amide bonds. The Bertz CT molecular complexity index is 1120. The summed E-state index contributed by atoms with van der Waals surface area (Å²) in [5.74, 6) is -0.0214. The second-order valence-electron chi connectivity index (χ2n) is 8.49. The predicted molar refractivity (Wildman–Crippen MR) is 117 cm³/mol. The van der Waals surface area contributed by atoms with E-state index < -0.39 is 18.1 Å². The maximum Gasteiger partial charge on any atom is 0.220 e. The SMILES string of the molecule is Cc1c[nH]c2ncnc(N3CCC(C(N)=O)CC3(OC3CCOC3O)c3ccccc3)c12.